The fraction of sp³-hybridized carbons (Fsp3) is 0.258. The third kappa shape index (κ3) is 8.04. The number of carboxylic acid groups (broad SMARTS) is 1. The first-order valence-electron chi connectivity index (χ1n) is 15.7. The number of phenols is 3. The van der Waals surface area contributed by atoms with Crippen LogP contribution in [0.5, 0.6) is 23.0 Å². The van der Waals surface area contributed by atoms with E-state index in [1.54, 1.807) is 0 Å². The average Bonchev–Trinajstić information content (AvgIpc) is 3.52. The number of imide groups is 1. The van der Waals surface area contributed by atoms with Gasteiger partial charge < -0.3 is 46.1 Å². The molecule has 3 aromatic carbocycles. The molecule has 0 aromatic heterocycles. The molecule has 3 aromatic rings. The molecule has 8 N–H and O–H groups in total. The van der Waals surface area contributed by atoms with Crippen molar-refractivity contribution < 1.29 is 71.3 Å². The Morgan fingerprint density at radius 1 is 1.02 bits per heavy atom. The standard InChI is InChI=1S/C31H29BClF2N5O13S/c33-22-17(13-19(35)24(42)25(22)43)23(28(45)37-20-12-15-4-7-18(34)21(29(46)47)26(15)53-32(20)50)38-30(48)39-9-10-40(31(39)49)54(51,52)11-1-8-36-27(44)14-2-5-16(41)6-3-14/h2-7,13,20,23,41-43,50H,1,8-12H2,(H,36,44)(H,37,45)(H,38,48)(H,46,47)/t20-,23?/m0/s1. The molecule has 23 heteroatoms. The van der Waals surface area contributed by atoms with Crippen molar-refractivity contribution in [1.82, 2.24) is 25.2 Å². The van der Waals surface area contributed by atoms with E-state index in [4.69, 9.17) is 16.3 Å². The van der Waals surface area contributed by atoms with Crippen LogP contribution in [0.3, 0.4) is 0 Å². The highest BCUT2D eigenvalue weighted by molar-refractivity contribution is 7.89. The van der Waals surface area contributed by atoms with Crippen molar-refractivity contribution in [1.29, 1.82) is 0 Å². The van der Waals surface area contributed by atoms with Crippen molar-refractivity contribution >= 4 is 58.6 Å². The zero-order valence-corrected chi connectivity index (χ0v) is 29.0. The van der Waals surface area contributed by atoms with Crippen LogP contribution < -0.4 is 20.6 Å². The van der Waals surface area contributed by atoms with Gasteiger partial charge in [0.2, 0.25) is 15.9 Å². The molecule has 0 radical (unpaired) electrons. The number of hydrogen-bond donors (Lipinski definition) is 8. The van der Waals surface area contributed by atoms with Crippen LogP contribution in [0, 0.1) is 11.6 Å². The number of sulfonamides is 1. The maximum atomic E-state index is 14.6. The third-order valence-corrected chi connectivity index (χ3v) is 10.5. The fourth-order valence-corrected chi connectivity index (χ4v) is 7.27. The lowest BCUT2D eigenvalue weighted by Crippen LogP contribution is -2.56. The van der Waals surface area contributed by atoms with Gasteiger partial charge >= 0.3 is 25.1 Å². The summed E-state index contributed by atoms with van der Waals surface area (Å²) in [6.07, 6.45) is -0.503. The van der Waals surface area contributed by atoms with Gasteiger partial charge in [-0.3, -0.25) is 9.59 Å². The fourth-order valence-electron chi connectivity index (χ4n) is 5.59. The van der Waals surface area contributed by atoms with E-state index in [2.05, 4.69) is 16.0 Å². The van der Waals surface area contributed by atoms with Crippen molar-refractivity contribution in [3.05, 3.63) is 81.4 Å². The number of aromatic carboxylic acids is 1. The van der Waals surface area contributed by atoms with Crippen LogP contribution in [0.15, 0.2) is 42.5 Å². The van der Waals surface area contributed by atoms with Crippen molar-refractivity contribution in [2.75, 3.05) is 25.4 Å². The van der Waals surface area contributed by atoms with Crippen LogP contribution in [0.1, 0.15) is 44.3 Å². The number of amides is 6. The summed E-state index contributed by atoms with van der Waals surface area (Å²) in [6, 6.07) is 2.87. The number of nitrogens with zero attached hydrogens (tertiary/aromatic N) is 2. The number of nitrogens with one attached hydrogen (secondary N) is 3. The van der Waals surface area contributed by atoms with Gasteiger partial charge in [0.25, 0.3) is 5.91 Å². The van der Waals surface area contributed by atoms with Gasteiger partial charge in [0.15, 0.2) is 17.3 Å². The molecule has 2 heterocycles. The molecule has 0 aliphatic carbocycles. The summed E-state index contributed by atoms with van der Waals surface area (Å²) >= 11 is 6.11. The highest BCUT2D eigenvalue weighted by Gasteiger charge is 2.43. The predicted molar refractivity (Wildman–Crippen MR) is 181 cm³/mol. The Hall–Kier alpha value is -5.87. The first-order chi connectivity index (χ1) is 25.4. The molecule has 0 saturated carbocycles. The van der Waals surface area contributed by atoms with Crippen LogP contribution in [0.25, 0.3) is 0 Å². The number of phenolic OH excluding ortho intramolecular Hbond substituents is 3. The topological polar surface area (TPSA) is 272 Å². The van der Waals surface area contributed by atoms with Crippen LogP contribution in [0.4, 0.5) is 18.4 Å². The summed E-state index contributed by atoms with van der Waals surface area (Å²) in [6.45, 7) is -1.15. The van der Waals surface area contributed by atoms with E-state index < -0.39 is 123 Å². The number of fused-ring (bicyclic) bond motifs is 1. The molecule has 18 nitrogen and oxygen atoms in total. The van der Waals surface area contributed by atoms with Gasteiger partial charge in [-0.15, -0.1) is 0 Å². The van der Waals surface area contributed by atoms with Gasteiger partial charge in [-0.2, -0.15) is 0 Å². The molecule has 0 bridgehead atoms. The number of hydrogen-bond acceptors (Lipinski definition) is 12. The Balaban J connectivity index is 1.30. The second kappa shape index (κ2) is 15.6. The van der Waals surface area contributed by atoms with Crippen LogP contribution in [0.2, 0.25) is 5.02 Å². The van der Waals surface area contributed by atoms with Gasteiger partial charge in [0.1, 0.15) is 28.9 Å². The minimum Gasteiger partial charge on any atom is -0.534 e. The number of rotatable bonds is 11. The number of carboxylic acids is 1. The quantitative estimate of drug-likeness (QED) is 0.0771. The van der Waals surface area contributed by atoms with E-state index in [1.807, 2.05) is 0 Å². The minimum absolute atomic E-state index is 0.0417. The van der Waals surface area contributed by atoms with Gasteiger partial charge in [-0.25, -0.2) is 40.8 Å². The monoisotopic (exact) mass is 795 g/mol. The Morgan fingerprint density at radius 3 is 2.37 bits per heavy atom. The van der Waals surface area contributed by atoms with E-state index in [-0.39, 0.29) is 36.3 Å². The maximum Gasteiger partial charge on any atom is 0.547 e. The molecule has 6 amide bonds. The van der Waals surface area contributed by atoms with E-state index in [1.165, 1.54) is 24.3 Å². The summed E-state index contributed by atoms with van der Waals surface area (Å²) in [4.78, 5) is 64.5. The zero-order valence-electron chi connectivity index (χ0n) is 27.5. The summed E-state index contributed by atoms with van der Waals surface area (Å²) in [7, 11) is -6.36. The summed E-state index contributed by atoms with van der Waals surface area (Å²) < 4.78 is 60.4. The van der Waals surface area contributed by atoms with E-state index in [0.717, 1.165) is 12.1 Å². The Kier molecular flexibility index (Phi) is 11.4. The molecule has 1 fully saturated rings. The van der Waals surface area contributed by atoms with Gasteiger partial charge in [0.05, 0.1) is 29.8 Å². The van der Waals surface area contributed by atoms with E-state index >= 15 is 0 Å². The Morgan fingerprint density at radius 2 is 1.70 bits per heavy atom. The molecule has 2 atom stereocenters. The average molecular weight is 796 g/mol. The molecule has 286 valence electrons. The van der Waals surface area contributed by atoms with Crippen molar-refractivity contribution in [3.63, 3.8) is 0 Å². The van der Waals surface area contributed by atoms with Crippen molar-refractivity contribution in [2.45, 2.75) is 24.8 Å². The van der Waals surface area contributed by atoms with Crippen LogP contribution in [-0.4, -0.2) is 111 Å². The lowest BCUT2D eigenvalue weighted by molar-refractivity contribution is -0.123. The summed E-state index contributed by atoms with van der Waals surface area (Å²) in [5.74, 6) is -11.4. The highest BCUT2D eigenvalue weighted by Crippen LogP contribution is 2.41. The molecule has 0 spiro atoms. The number of aromatic hydroxyl groups is 3. The Labute approximate surface area is 309 Å². The first-order valence-corrected chi connectivity index (χ1v) is 17.7. The molecule has 54 heavy (non-hydrogen) atoms. The predicted octanol–water partition coefficient (Wildman–Crippen LogP) is 1.21. The molecular weight excluding hydrogens is 767 g/mol. The molecule has 2 aliphatic rings. The van der Waals surface area contributed by atoms with Crippen LogP contribution >= 0.6 is 11.6 Å². The lowest BCUT2D eigenvalue weighted by atomic mass is 9.72. The number of urea groups is 2. The largest absolute Gasteiger partial charge is 0.547 e. The molecule has 5 rings (SSSR count). The number of benzene rings is 3. The van der Waals surface area contributed by atoms with E-state index in [0.29, 0.717) is 15.3 Å². The molecule has 2 aliphatic heterocycles. The normalized spacial score (nSPS) is 16.0. The number of carbonyl (C=O) groups is 5. The first kappa shape index (κ1) is 39.3. The Bertz CT molecular complexity index is 2150. The third-order valence-electron chi connectivity index (χ3n) is 8.33. The van der Waals surface area contributed by atoms with Gasteiger partial charge in [0, 0.05) is 17.7 Å². The molecular formula is C31H29BClF2N5O13S. The van der Waals surface area contributed by atoms with Crippen molar-refractivity contribution in [3.8, 4) is 23.0 Å². The highest BCUT2D eigenvalue weighted by atomic mass is 35.5. The second-order valence-electron chi connectivity index (χ2n) is 11.9. The number of carbonyl (C=O) groups excluding carboxylic acids is 4. The second-order valence-corrected chi connectivity index (χ2v) is 14.3. The molecule has 1 saturated heterocycles. The summed E-state index contributed by atoms with van der Waals surface area (Å²) in [5.41, 5.74) is -1.31. The molecule has 1 unspecified atom stereocenters. The maximum absolute atomic E-state index is 14.6. The lowest BCUT2D eigenvalue weighted by Gasteiger charge is -2.31. The van der Waals surface area contributed by atoms with Gasteiger partial charge in [-0.05, 0) is 54.8 Å². The number of halogens is 3. The van der Waals surface area contributed by atoms with Crippen LogP contribution in [-0.2, 0) is 21.2 Å². The summed E-state index contributed by atoms with van der Waals surface area (Å²) in [5, 5.41) is 55.4. The minimum atomic E-state index is -4.36. The zero-order chi connectivity index (χ0) is 39.6. The van der Waals surface area contributed by atoms with E-state index in [9.17, 15) is 66.6 Å². The van der Waals surface area contributed by atoms with Gasteiger partial charge in [-0.1, -0.05) is 17.7 Å². The van der Waals surface area contributed by atoms with Crippen molar-refractivity contribution in [2.24, 2.45) is 0 Å². The smallest absolute Gasteiger partial charge is 0.534 e. The SMILES string of the molecule is O=C(NCCCS(=O)(=O)N1CCN(C(=O)NC(C(=O)N[C@H]2Cc3ccc(F)c(C(=O)O)c3OB2O)c2cc(F)c(O)c(O)c2Cl)C1=O)c1ccc(O)cc1.